The molecule has 0 spiro atoms. The van der Waals surface area contributed by atoms with E-state index in [-0.39, 0.29) is 16.4 Å². The third kappa shape index (κ3) is 3.15. The van der Waals surface area contributed by atoms with E-state index < -0.39 is 10.0 Å². The van der Waals surface area contributed by atoms with Crippen LogP contribution in [0.25, 0.3) is 0 Å². The average molecular weight is 298 g/mol. The fourth-order valence-corrected chi connectivity index (χ4v) is 2.57. The Kier molecular flexibility index (Phi) is 3.64. The van der Waals surface area contributed by atoms with Crippen molar-refractivity contribution in [2.75, 3.05) is 10.5 Å². The number of pyridine rings is 1. The van der Waals surface area contributed by atoms with Crippen molar-refractivity contribution >= 4 is 33.1 Å². The Bertz CT molecular complexity index is 699. The van der Waals surface area contributed by atoms with Crippen LogP contribution in [0.5, 0.6) is 0 Å². The summed E-state index contributed by atoms with van der Waals surface area (Å²) in [5, 5.41) is 0.312. The van der Waals surface area contributed by atoms with Crippen LogP contribution in [0.4, 0.5) is 11.5 Å². The molecule has 0 aliphatic heterocycles. The molecule has 100 valence electrons. The second-order valence-corrected chi connectivity index (χ2v) is 6.10. The van der Waals surface area contributed by atoms with Gasteiger partial charge in [-0.25, -0.2) is 13.4 Å². The number of nitrogens with two attached hydrogens (primary N) is 1. The van der Waals surface area contributed by atoms with Crippen LogP contribution in [0.2, 0.25) is 5.02 Å². The van der Waals surface area contributed by atoms with Gasteiger partial charge in [0, 0.05) is 6.20 Å². The zero-order valence-corrected chi connectivity index (χ0v) is 11.7. The smallest absolute Gasteiger partial charge is 0.263 e. The summed E-state index contributed by atoms with van der Waals surface area (Å²) in [4.78, 5) is 4.02. The molecule has 7 heteroatoms. The molecule has 0 aliphatic carbocycles. The molecule has 0 atom stereocenters. The maximum atomic E-state index is 12.1. The highest BCUT2D eigenvalue weighted by Gasteiger charge is 2.15. The summed E-state index contributed by atoms with van der Waals surface area (Å²) < 4.78 is 26.6. The Hall–Kier alpha value is -1.79. The van der Waals surface area contributed by atoms with Crippen molar-refractivity contribution in [3.05, 3.63) is 47.1 Å². The standard InChI is InChI=1S/C12H12ClN3O2S/c1-8-2-5-12(15-7-8)16-19(17,18)9-3-4-10(13)11(14)6-9/h2-7H,14H2,1H3,(H,15,16). The molecule has 0 radical (unpaired) electrons. The summed E-state index contributed by atoms with van der Waals surface area (Å²) >= 11 is 5.76. The Morgan fingerprint density at radius 3 is 2.58 bits per heavy atom. The van der Waals surface area contributed by atoms with Gasteiger partial charge in [0.25, 0.3) is 10.0 Å². The summed E-state index contributed by atoms with van der Waals surface area (Å²) in [5.74, 6) is 0.249. The Balaban J connectivity index is 2.32. The van der Waals surface area contributed by atoms with Crippen LogP contribution >= 0.6 is 11.6 Å². The number of aromatic nitrogens is 1. The monoisotopic (exact) mass is 297 g/mol. The van der Waals surface area contributed by atoms with Crippen molar-refractivity contribution in [1.82, 2.24) is 4.98 Å². The van der Waals surface area contributed by atoms with Gasteiger partial charge in [-0.2, -0.15) is 0 Å². The fraction of sp³-hybridized carbons (Fsp3) is 0.0833. The van der Waals surface area contributed by atoms with Crippen LogP contribution in [0.15, 0.2) is 41.4 Å². The van der Waals surface area contributed by atoms with Gasteiger partial charge in [0.15, 0.2) is 0 Å². The zero-order valence-electron chi connectivity index (χ0n) is 10.1. The van der Waals surface area contributed by atoms with Crippen LogP contribution in [0.3, 0.4) is 0 Å². The molecular formula is C12H12ClN3O2S. The summed E-state index contributed by atoms with van der Waals surface area (Å²) in [5.41, 5.74) is 6.74. The molecule has 0 unspecified atom stereocenters. The molecule has 1 aromatic heterocycles. The lowest BCUT2D eigenvalue weighted by Crippen LogP contribution is -2.14. The normalized spacial score (nSPS) is 11.3. The number of halogens is 1. The number of sulfonamides is 1. The van der Waals surface area contributed by atoms with E-state index in [2.05, 4.69) is 9.71 Å². The third-order valence-corrected chi connectivity index (χ3v) is 4.12. The second kappa shape index (κ2) is 5.07. The predicted molar refractivity (Wildman–Crippen MR) is 75.6 cm³/mol. The number of rotatable bonds is 3. The lowest BCUT2D eigenvalue weighted by atomic mass is 10.3. The number of benzene rings is 1. The van der Waals surface area contributed by atoms with Crippen LogP contribution in [-0.4, -0.2) is 13.4 Å². The number of nitrogens with zero attached hydrogens (tertiary/aromatic N) is 1. The quantitative estimate of drug-likeness (QED) is 0.852. The van der Waals surface area contributed by atoms with Gasteiger partial charge in [-0.3, -0.25) is 4.72 Å². The molecule has 19 heavy (non-hydrogen) atoms. The van der Waals surface area contributed by atoms with E-state index in [4.69, 9.17) is 17.3 Å². The Morgan fingerprint density at radius 2 is 2.00 bits per heavy atom. The average Bonchev–Trinajstić information content (AvgIpc) is 2.35. The van der Waals surface area contributed by atoms with Crippen molar-refractivity contribution in [3.8, 4) is 0 Å². The van der Waals surface area contributed by atoms with Crippen molar-refractivity contribution in [2.24, 2.45) is 0 Å². The van der Waals surface area contributed by atoms with Crippen LogP contribution in [0.1, 0.15) is 5.56 Å². The fourth-order valence-electron chi connectivity index (χ4n) is 1.41. The molecule has 1 heterocycles. The minimum absolute atomic E-state index is 0.0387. The largest absolute Gasteiger partial charge is 0.397 e. The summed E-state index contributed by atoms with van der Waals surface area (Å²) in [6.07, 6.45) is 1.58. The molecule has 2 rings (SSSR count). The van der Waals surface area contributed by atoms with Crippen LogP contribution in [-0.2, 0) is 10.0 Å². The van der Waals surface area contributed by atoms with Gasteiger partial charge in [0.05, 0.1) is 15.6 Å². The number of nitrogens with one attached hydrogen (secondary N) is 1. The Labute approximate surface area is 116 Å². The molecule has 5 nitrogen and oxygen atoms in total. The van der Waals surface area contributed by atoms with Gasteiger partial charge in [-0.1, -0.05) is 17.7 Å². The van der Waals surface area contributed by atoms with Crippen LogP contribution < -0.4 is 10.5 Å². The van der Waals surface area contributed by atoms with E-state index in [0.717, 1.165) is 5.56 Å². The summed E-state index contributed by atoms with van der Waals surface area (Å²) in [6.45, 7) is 1.87. The van der Waals surface area contributed by atoms with E-state index in [9.17, 15) is 8.42 Å². The lowest BCUT2D eigenvalue weighted by Gasteiger charge is -2.08. The van der Waals surface area contributed by atoms with E-state index in [1.807, 2.05) is 6.92 Å². The molecular weight excluding hydrogens is 286 g/mol. The molecule has 1 aromatic carbocycles. The first-order valence-corrected chi connectivity index (χ1v) is 7.25. The van der Waals surface area contributed by atoms with Gasteiger partial charge >= 0.3 is 0 Å². The molecule has 0 aliphatic rings. The first-order chi connectivity index (χ1) is 8.88. The van der Waals surface area contributed by atoms with E-state index in [1.165, 1.54) is 18.2 Å². The van der Waals surface area contributed by atoms with Gasteiger partial charge in [0.2, 0.25) is 0 Å². The number of anilines is 2. The van der Waals surface area contributed by atoms with Crippen molar-refractivity contribution < 1.29 is 8.42 Å². The SMILES string of the molecule is Cc1ccc(NS(=O)(=O)c2ccc(Cl)c(N)c2)nc1. The molecule has 0 saturated carbocycles. The first-order valence-electron chi connectivity index (χ1n) is 5.39. The number of hydrogen-bond donors (Lipinski definition) is 2. The Morgan fingerprint density at radius 1 is 1.26 bits per heavy atom. The van der Waals surface area contributed by atoms with E-state index in [1.54, 1.807) is 18.3 Å². The minimum atomic E-state index is -3.72. The van der Waals surface area contributed by atoms with Crippen molar-refractivity contribution in [2.45, 2.75) is 11.8 Å². The van der Waals surface area contributed by atoms with E-state index >= 15 is 0 Å². The highest BCUT2D eigenvalue weighted by molar-refractivity contribution is 7.92. The number of aryl methyl sites for hydroxylation is 1. The highest BCUT2D eigenvalue weighted by Crippen LogP contribution is 2.23. The lowest BCUT2D eigenvalue weighted by molar-refractivity contribution is 0.601. The number of hydrogen-bond acceptors (Lipinski definition) is 4. The molecule has 0 amide bonds. The second-order valence-electron chi connectivity index (χ2n) is 4.01. The van der Waals surface area contributed by atoms with Gasteiger partial charge < -0.3 is 5.73 Å². The first kappa shape index (κ1) is 13.6. The molecule has 3 N–H and O–H groups in total. The predicted octanol–water partition coefficient (Wildman–Crippen LogP) is 2.43. The molecule has 0 bridgehead atoms. The number of nitrogen functional groups attached to an aromatic ring is 1. The summed E-state index contributed by atoms with van der Waals surface area (Å²) in [6, 6.07) is 7.48. The van der Waals surface area contributed by atoms with Crippen molar-refractivity contribution in [1.29, 1.82) is 0 Å². The minimum Gasteiger partial charge on any atom is -0.397 e. The van der Waals surface area contributed by atoms with Gasteiger partial charge in [-0.05, 0) is 36.8 Å². The van der Waals surface area contributed by atoms with Gasteiger partial charge in [0.1, 0.15) is 5.82 Å². The molecule has 0 saturated heterocycles. The van der Waals surface area contributed by atoms with Crippen LogP contribution in [0, 0.1) is 6.92 Å². The molecule has 0 fully saturated rings. The van der Waals surface area contributed by atoms with Gasteiger partial charge in [-0.15, -0.1) is 0 Å². The molecule has 2 aromatic rings. The maximum absolute atomic E-state index is 12.1. The zero-order chi connectivity index (χ0) is 14.0. The summed E-state index contributed by atoms with van der Waals surface area (Å²) in [7, 11) is -3.72. The topological polar surface area (TPSA) is 85.1 Å². The van der Waals surface area contributed by atoms with Crippen molar-refractivity contribution in [3.63, 3.8) is 0 Å². The van der Waals surface area contributed by atoms with E-state index in [0.29, 0.717) is 5.02 Å². The third-order valence-electron chi connectivity index (χ3n) is 2.43. The maximum Gasteiger partial charge on any atom is 0.263 e. The highest BCUT2D eigenvalue weighted by atomic mass is 35.5.